The van der Waals surface area contributed by atoms with Gasteiger partial charge in [-0.15, -0.1) is 0 Å². The summed E-state index contributed by atoms with van der Waals surface area (Å²) in [6.07, 6.45) is 0.692. The molecule has 0 aliphatic heterocycles. The van der Waals surface area contributed by atoms with Crippen LogP contribution in [0, 0.1) is 0 Å². The fraction of sp³-hybridized carbons (Fsp3) is 0.138. The smallest absolute Gasteiger partial charge is 0.251 e. The average Bonchev–Trinajstić information content (AvgIpc) is 2.89. The number of alkyl halides is 1. The van der Waals surface area contributed by atoms with E-state index < -0.39 is 5.41 Å². The highest BCUT2D eigenvalue weighted by molar-refractivity contribution is 14.1. The molecule has 172 valence electrons. The van der Waals surface area contributed by atoms with Crippen molar-refractivity contribution < 1.29 is 4.79 Å². The Kier molecular flexibility index (Phi) is 8.30. The molecule has 1 N–H and O–H groups in total. The van der Waals surface area contributed by atoms with E-state index >= 15 is 0 Å². The van der Waals surface area contributed by atoms with Crippen molar-refractivity contribution in [2.75, 3.05) is 6.54 Å². The molecule has 0 aromatic heterocycles. The van der Waals surface area contributed by atoms with Gasteiger partial charge in [-0.05, 0) is 46.9 Å². The van der Waals surface area contributed by atoms with E-state index in [1.54, 1.807) is 18.2 Å². The van der Waals surface area contributed by atoms with E-state index in [2.05, 4.69) is 101 Å². The minimum absolute atomic E-state index is 0.172. The second kappa shape index (κ2) is 11.4. The number of nitrogens with one attached hydrogen (secondary N) is 1. The lowest BCUT2D eigenvalue weighted by Crippen LogP contribution is -2.35. The van der Waals surface area contributed by atoms with E-state index in [1.165, 1.54) is 22.3 Å². The van der Waals surface area contributed by atoms with E-state index in [9.17, 15) is 4.79 Å². The summed E-state index contributed by atoms with van der Waals surface area (Å²) in [7, 11) is 0. The number of carbonyl (C=O) groups excluding carboxylic acids is 1. The summed E-state index contributed by atoms with van der Waals surface area (Å²) < 4.78 is 0.960. The number of rotatable bonds is 8. The van der Waals surface area contributed by atoms with Gasteiger partial charge >= 0.3 is 0 Å². The van der Waals surface area contributed by atoms with Crippen LogP contribution in [0.2, 0.25) is 10.0 Å². The van der Waals surface area contributed by atoms with Crippen LogP contribution in [0.4, 0.5) is 0 Å². The second-order valence-electron chi connectivity index (χ2n) is 8.10. The van der Waals surface area contributed by atoms with Gasteiger partial charge in [0.1, 0.15) is 0 Å². The molecule has 0 bridgehead atoms. The fourth-order valence-corrected chi connectivity index (χ4v) is 5.17. The molecule has 0 heterocycles. The van der Waals surface area contributed by atoms with Crippen LogP contribution in [0.3, 0.4) is 0 Å². The molecule has 4 rings (SSSR count). The van der Waals surface area contributed by atoms with E-state index in [0.717, 1.165) is 4.43 Å². The third kappa shape index (κ3) is 5.32. The average molecular weight is 600 g/mol. The maximum Gasteiger partial charge on any atom is 0.251 e. The zero-order valence-corrected chi connectivity index (χ0v) is 22.1. The first-order chi connectivity index (χ1) is 16.5. The Morgan fingerprint density at radius 1 is 0.735 bits per heavy atom. The number of amides is 1. The predicted molar refractivity (Wildman–Crippen MR) is 150 cm³/mol. The summed E-state index contributed by atoms with van der Waals surface area (Å²) in [6.45, 7) is 0.483. The molecular formula is C29H24Cl2INO. The van der Waals surface area contributed by atoms with Gasteiger partial charge in [0.05, 0.1) is 10.0 Å². The lowest BCUT2D eigenvalue weighted by molar-refractivity contribution is 0.0952. The molecule has 2 nitrogen and oxygen atoms in total. The van der Waals surface area contributed by atoms with Gasteiger partial charge in [-0.25, -0.2) is 0 Å². The maximum atomic E-state index is 12.9. The number of halogens is 3. The van der Waals surface area contributed by atoms with Gasteiger partial charge in [0.15, 0.2) is 0 Å². The highest BCUT2D eigenvalue weighted by Crippen LogP contribution is 2.42. The molecule has 4 aromatic carbocycles. The number of hydrogen-bond donors (Lipinski definition) is 1. The SMILES string of the molecule is O=C(NCCC(c1ccccc1)(c1ccccc1)c1ccc(CI)cc1)c1ccc(Cl)c(Cl)c1. The van der Waals surface area contributed by atoms with Crippen molar-refractivity contribution in [1.29, 1.82) is 0 Å². The van der Waals surface area contributed by atoms with Gasteiger partial charge in [0.2, 0.25) is 0 Å². The first-order valence-electron chi connectivity index (χ1n) is 11.0. The van der Waals surface area contributed by atoms with Crippen molar-refractivity contribution in [2.24, 2.45) is 0 Å². The van der Waals surface area contributed by atoms with E-state index in [4.69, 9.17) is 23.2 Å². The highest BCUT2D eigenvalue weighted by atomic mass is 127. The molecule has 0 aliphatic rings. The molecule has 0 aliphatic carbocycles. The number of benzene rings is 4. The lowest BCUT2D eigenvalue weighted by atomic mass is 9.67. The van der Waals surface area contributed by atoms with Crippen LogP contribution in [-0.2, 0) is 9.84 Å². The Morgan fingerprint density at radius 3 is 1.82 bits per heavy atom. The van der Waals surface area contributed by atoms with E-state index in [-0.39, 0.29) is 5.91 Å². The molecular weight excluding hydrogens is 576 g/mol. The van der Waals surface area contributed by atoms with Crippen molar-refractivity contribution in [1.82, 2.24) is 5.32 Å². The maximum absolute atomic E-state index is 12.9. The lowest BCUT2D eigenvalue weighted by Gasteiger charge is -2.36. The first kappa shape index (κ1) is 24.8. The quantitative estimate of drug-likeness (QED) is 0.124. The van der Waals surface area contributed by atoms with Gasteiger partial charge in [-0.2, -0.15) is 0 Å². The summed E-state index contributed by atoms with van der Waals surface area (Å²) in [5, 5.41) is 3.89. The molecule has 0 saturated carbocycles. The molecule has 34 heavy (non-hydrogen) atoms. The third-order valence-corrected chi connectivity index (χ3v) is 7.72. The Bertz CT molecular complexity index is 1200. The molecule has 4 aromatic rings. The van der Waals surface area contributed by atoms with Crippen LogP contribution < -0.4 is 5.32 Å². The van der Waals surface area contributed by atoms with Gasteiger partial charge < -0.3 is 5.32 Å². The molecule has 0 fully saturated rings. The van der Waals surface area contributed by atoms with E-state index in [0.29, 0.717) is 28.6 Å². The normalized spacial score (nSPS) is 11.3. The minimum Gasteiger partial charge on any atom is -0.352 e. The van der Waals surface area contributed by atoms with Gasteiger partial charge in [0, 0.05) is 22.0 Å². The van der Waals surface area contributed by atoms with Crippen LogP contribution >= 0.6 is 45.8 Å². The van der Waals surface area contributed by atoms with Gasteiger partial charge in [-0.1, -0.05) is 131 Å². The summed E-state index contributed by atoms with van der Waals surface area (Å²) >= 11 is 14.5. The topological polar surface area (TPSA) is 29.1 Å². The molecule has 0 unspecified atom stereocenters. The predicted octanol–water partition coefficient (Wildman–Crippen LogP) is 8.08. The fourth-order valence-electron chi connectivity index (χ4n) is 4.36. The molecule has 0 saturated heterocycles. The standard InChI is InChI=1S/C29H24Cl2INO/c30-26-16-13-22(19-27(26)31)28(34)33-18-17-29(23-7-3-1-4-8-23,24-9-5-2-6-10-24)25-14-11-21(20-32)12-15-25/h1-16,19H,17-18,20H2,(H,33,34). The summed E-state index contributed by atoms with van der Waals surface area (Å²) in [4.78, 5) is 12.9. The first-order valence-corrected chi connectivity index (χ1v) is 13.3. The zero-order chi connectivity index (χ0) is 24.0. The summed E-state index contributed by atoms with van der Waals surface area (Å²) in [5.74, 6) is -0.172. The molecule has 0 radical (unpaired) electrons. The molecule has 0 spiro atoms. The van der Waals surface area contributed by atoms with Crippen LogP contribution in [0.5, 0.6) is 0 Å². The Hall–Kier alpha value is -2.34. The Morgan fingerprint density at radius 2 is 1.29 bits per heavy atom. The number of hydrogen-bond acceptors (Lipinski definition) is 1. The van der Waals surface area contributed by atoms with Crippen molar-refractivity contribution in [3.8, 4) is 0 Å². The van der Waals surface area contributed by atoms with E-state index in [1.807, 2.05) is 12.1 Å². The zero-order valence-electron chi connectivity index (χ0n) is 18.5. The monoisotopic (exact) mass is 599 g/mol. The van der Waals surface area contributed by atoms with Gasteiger partial charge in [0.25, 0.3) is 5.91 Å². The van der Waals surface area contributed by atoms with Crippen LogP contribution in [-0.4, -0.2) is 12.5 Å². The Balaban J connectivity index is 1.72. The Labute approximate surface area is 224 Å². The molecule has 1 amide bonds. The highest BCUT2D eigenvalue weighted by Gasteiger charge is 2.36. The molecule has 0 atom stereocenters. The molecule has 5 heteroatoms. The second-order valence-corrected chi connectivity index (χ2v) is 9.68. The van der Waals surface area contributed by atoms with Crippen LogP contribution in [0.25, 0.3) is 0 Å². The summed E-state index contributed by atoms with van der Waals surface area (Å²) in [6, 6.07) is 34.8. The van der Waals surface area contributed by atoms with Crippen LogP contribution in [0.15, 0.2) is 103 Å². The van der Waals surface area contributed by atoms with Crippen molar-refractivity contribution >= 4 is 51.7 Å². The largest absolute Gasteiger partial charge is 0.352 e. The third-order valence-electron chi connectivity index (χ3n) is 6.10. The van der Waals surface area contributed by atoms with Gasteiger partial charge in [-0.3, -0.25) is 4.79 Å². The number of carbonyl (C=O) groups is 1. The summed E-state index contributed by atoms with van der Waals surface area (Å²) in [5.41, 5.74) is 4.93. The minimum atomic E-state index is -0.419. The van der Waals surface area contributed by atoms with Crippen LogP contribution in [0.1, 0.15) is 39.0 Å². The van der Waals surface area contributed by atoms with Crippen molar-refractivity contribution in [3.63, 3.8) is 0 Å². The van der Waals surface area contributed by atoms with Crippen molar-refractivity contribution in [3.05, 3.63) is 141 Å². The van der Waals surface area contributed by atoms with Crippen molar-refractivity contribution in [2.45, 2.75) is 16.3 Å².